The summed E-state index contributed by atoms with van der Waals surface area (Å²) in [5.74, 6) is 7.20. The van der Waals surface area contributed by atoms with Crippen LogP contribution in [-0.4, -0.2) is 28.2 Å². The van der Waals surface area contributed by atoms with E-state index in [9.17, 15) is 4.79 Å². The molecule has 5 N–H and O–H groups in total. The van der Waals surface area contributed by atoms with Crippen molar-refractivity contribution in [3.8, 4) is 5.88 Å². The van der Waals surface area contributed by atoms with Crippen LogP contribution in [0.1, 0.15) is 10.5 Å². The summed E-state index contributed by atoms with van der Waals surface area (Å²) in [7, 11) is 1.43. The van der Waals surface area contributed by atoms with Gasteiger partial charge in [0.2, 0.25) is 5.88 Å². The summed E-state index contributed by atoms with van der Waals surface area (Å²) >= 11 is 0. The van der Waals surface area contributed by atoms with Crippen LogP contribution in [-0.2, 0) is 0 Å². The van der Waals surface area contributed by atoms with Crippen LogP contribution in [0.25, 0.3) is 0 Å². The average molecular weight is 186 g/mol. The van der Waals surface area contributed by atoms with E-state index in [4.69, 9.17) is 5.11 Å². The first-order valence-electron chi connectivity index (χ1n) is 3.16. The Kier molecular flexibility index (Phi) is 5.08. The highest BCUT2D eigenvalue weighted by Gasteiger charge is 2.03. The summed E-state index contributed by atoms with van der Waals surface area (Å²) < 4.78 is 4.68. The molecule has 1 aromatic rings. The predicted molar refractivity (Wildman–Crippen MR) is 43.9 cm³/mol. The number of methoxy groups -OCH3 is 1. The zero-order valence-corrected chi connectivity index (χ0v) is 6.97. The fraction of sp³-hybridized carbons (Fsp3) is 0.167. The number of carboxylic acid groups (broad SMARTS) is 1. The molecular weight excluding hydrogens is 176 g/mol. The standard InChI is InChI=1S/C6H6N2O3.H4N2/c1-11-5-3-7-4(2-8-5)6(9)10;1-2/h2-3H,1H3,(H,9,10);1-2H2. The van der Waals surface area contributed by atoms with Crippen LogP contribution < -0.4 is 16.4 Å². The zero-order valence-electron chi connectivity index (χ0n) is 6.97. The molecule has 0 bridgehead atoms. The maximum absolute atomic E-state index is 10.3. The number of aromatic nitrogens is 2. The van der Waals surface area contributed by atoms with Gasteiger partial charge < -0.3 is 9.84 Å². The number of ether oxygens (including phenoxy) is 1. The predicted octanol–water partition coefficient (Wildman–Crippen LogP) is -0.998. The molecule has 0 spiro atoms. The third-order valence-corrected chi connectivity index (χ3v) is 1.06. The number of carbonyl (C=O) groups is 1. The minimum absolute atomic E-state index is 0.0919. The van der Waals surface area contributed by atoms with Gasteiger partial charge in [-0.2, -0.15) is 0 Å². The second kappa shape index (κ2) is 5.86. The molecule has 0 saturated heterocycles. The highest BCUT2D eigenvalue weighted by molar-refractivity contribution is 5.84. The van der Waals surface area contributed by atoms with Gasteiger partial charge in [0.05, 0.1) is 19.5 Å². The fourth-order valence-corrected chi connectivity index (χ4v) is 0.532. The van der Waals surface area contributed by atoms with Gasteiger partial charge in [-0.1, -0.05) is 0 Å². The molecule has 1 rings (SSSR count). The second-order valence-corrected chi connectivity index (χ2v) is 1.75. The first kappa shape index (κ1) is 11.3. The molecule has 0 atom stereocenters. The molecule has 0 aliphatic rings. The van der Waals surface area contributed by atoms with Crippen LogP contribution in [0.2, 0.25) is 0 Å². The average Bonchev–Trinajstić information content (AvgIpc) is 2.21. The lowest BCUT2D eigenvalue weighted by Gasteiger charge is -1.96. The second-order valence-electron chi connectivity index (χ2n) is 1.75. The van der Waals surface area contributed by atoms with Crippen LogP contribution in [0.5, 0.6) is 5.88 Å². The van der Waals surface area contributed by atoms with Crippen molar-refractivity contribution in [2.24, 2.45) is 11.7 Å². The van der Waals surface area contributed by atoms with Gasteiger partial charge in [0.1, 0.15) is 0 Å². The highest BCUT2D eigenvalue weighted by atomic mass is 16.5. The molecule has 0 aromatic carbocycles. The Labute approximate surface area is 74.3 Å². The number of hydrogen-bond acceptors (Lipinski definition) is 6. The summed E-state index contributed by atoms with van der Waals surface area (Å²) in [6, 6.07) is 0. The number of carboxylic acids is 1. The van der Waals surface area contributed by atoms with Crippen molar-refractivity contribution in [3.05, 3.63) is 18.1 Å². The Morgan fingerprint density at radius 1 is 1.46 bits per heavy atom. The Morgan fingerprint density at radius 3 is 2.38 bits per heavy atom. The molecular formula is C6H10N4O3. The van der Waals surface area contributed by atoms with Crippen molar-refractivity contribution >= 4 is 5.97 Å². The lowest BCUT2D eigenvalue weighted by Crippen LogP contribution is -2.02. The Hall–Kier alpha value is -1.73. The molecule has 0 aliphatic heterocycles. The zero-order chi connectivity index (χ0) is 10.3. The SMILES string of the molecule is COc1cnc(C(=O)O)cn1.NN. The number of nitrogens with zero attached hydrogens (tertiary/aromatic N) is 2. The molecule has 7 nitrogen and oxygen atoms in total. The maximum atomic E-state index is 10.3. The number of hydrazine groups is 1. The number of rotatable bonds is 2. The maximum Gasteiger partial charge on any atom is 0.356 e. The van der Waals surface area contributed by atoms with Gasteiger partial charge in [0.15, 0.2) is 5.69 Å². The van der Waals surface area contributed by atoms with E-state index >= 15 is 0 Å². The lowest BCUT2D eigenvalue weighted by molar-refractivity contribution is 0.0690. The van der Waals surface area contributed by atoms with Gasteiger partial charge in [0.25, 0.3) is 0 Å². The molecule has 1 aromatic heterocycles. The van der Waals surface area contributed by atoms with Gasteiger partial charge in [-0.05, 0) is 0 Å². The lowest BCUT2D eigenvalue weighted by atomic mass is 10.5. The summed E-state index contributed by atoms with van der Waals surface area (Å²) in [6.45, 7) is 0. The summed E-state index contributed by atoms with van der Waals surface area (Å²) in [5.41, 5.74) is -0.0919. The van der Waals surface area contributed by atoms with Gasteiger partial charge in [-0.15, -0.1) is 0 Å². The van der Waals surface area contributed by atoms with Crippen molar-refractivity contribution in [2.75, 3.05) is 7.11 Å². The van der Waals surface area contributed by atoms with E-state index in [-0.39, 0.29) is 5.69 Å². The van der Waals surface area contributed by atoms with E-state index in [0.29, 0.717) is 5.88 Å². The van der Waals surface area contributed by atoms with Gasteiger partial charge in [-0.3, -0.25) is 11.7 Å². The summed E-state index contributed by atoms with van der Waals surface area (Å²) in [6.07, 6.45) is 2.39. The van der Waals surface area contributed by atoms with Crippen LogP contribution in [0.4, 0.5) is 0 Å². The van der Waals surface area contributed by atoms with Crippen molar-refractivity contribution in [2.45, 2.75) is 0 Å². The van der Waals surface area contributed by atoms with Crippen LogP contribution in [0, 0.1) is 0 Å². The summed E-state index contributed by atoms with van der Waals surface area (Å²) in [4.78, 5) is 17.5. The third-order valence-electron chi connectivity index (χ3n) is 1.06. The number of aromatic carboxylic acids is 1. The monoisotopic (exact) mass is 186 g/mol. The first-order valence-corrected chi connectivity index (χ1v) is 3.16. The molecule has 0 amide bonds. The van der Waals surface area contributed by atoms with Crippen molar-refractivity contribution in [3.63, 3.8) is 0 Å². The largest absolute Gasteiger partial charge is 0.480 e. The molecule has 0 unspecified atom stereocenters. The van der Waals surface area contributed by atoms with Gasteiger partial charge >= 0.3 is 5.97 Å². The van der Waals surface area contributed by atoms with Crippen LogP contribution >= 0.6 is 0 Å². The molecule has 1 heterocycles. The first-order chi connectivity index (χ1) is 6.24. The molecule has 72 valence electrons. The van der Waals surface area contributed by atoms with Crippen molar-refractivity contribution < 1.29 is 14.6 Å². The molecule has 0 radical (unpaired) electrons. The topological polar surface area (TPSA) is 124 Å². The molecule has 13 heavy (non-hydrogen) atoms. The Balaban J connectivity index is 0.000000671. The molecule has 0 saturated carbocycles. The normalized spacial score (nSPS) is 8.23. The van der Waals surface area contributed by atoms with E-state index in [1.54, 1.807) is 0 Å². The van der Waals surface area contributed by atoms with Crippen molar-refractivity contribution in [1.29, 1.82) is 0 Å². The van der Waals surface area contributed by atoms with E-state index in [0.717, 1.165) is 6.20 Å². The van der Waals surface area contributed by atoms with Crippen LogP contribution in [0.15, 0.2) is 12.4 Å². The van der Waals surface area contributed by atoms with Crippen molar-refractivity contribution in [1.82, 2.24) is 9.97 Å². The number of hydrogen-bond donors (Lipinski definition) is 3. The minimum atomic E-state index is -1.10. The van der Waals surface area contributed by atoms with E-state index in [2.05, 4.69) is 26.4 Å². The highest BCUT2D eigenvalue weighted by Crippen LogP contribution is 2.01. The van der Waals surface area contributed by atoms with E-state index in [1.807, 2.05) is 0 Å². The Morgan fingerprint density at radius 2 is 2.08 bits per heavy atom. The molecule has 7 heteroatoms. The van der Waals surface area contributed by atoms with Crippen LogP contribution in [0.3, 0.4) is 0 Å². The minimum Gasteiger partial charge on any atom is -0.480 e. The molecule has 0 aliphatic carbocycles. The van der Waals surface area contributed by atoms with E-state index in [1.165, 1.54) is 13.3 Å². The smallest absolute Gasteiger partial charge is 0.356 e. The van der Waals surface area contributed by atoms with Gasteiger partial charge in [-0.25, -0.2) is 14.8 Å². The van der Waals surface area contributed by atoms with Gasteiger partial charge in [0, 0.05) is 0 Å². The Bertz CT molecular complexity index is 261. The fourth-order valence-electron chi connectivity index (χ4n) is 0.532. The van der Waals surface area contributed by atoms with E-state index < -0.39 is 5.97 Å². The quantitative estimate of drug-likeness (QED) is 0.399. The number of nitrogens with two attached hydrogens (primary N) is 2. The summed E-state index contributed by atoms with van der Waals surface area (Å²) in [5, 5.41) is 8.41. The third kappa shape index (κ3) is 3.45. The molecule has 0 fully saturated rings.